The van der Waals surface area contributed by atoms with Gasteiger partial charge in [-0.15, -0.1) is 0 Å². The fraction of sp³-hybridized carbons (Fsp3) is 0.111. The Balaban J connectivity index is 1.71. The van der Waals surface area contributed by atoms with Crippen LogP contribution in [0.15, 0.2) is 36.4 Å². The van der Waals surface area contributed by atoms with Crippen molar-refractivity contribution >= 4 is 23.6 Å². The fourth-order valence-electron chi connectivity index (χ4n) is 2.46. The van der Waals surface area contributed by atoms with Crippen molar-refractivity contribution in [3.63, 3.8) is 0 Å². The van der Waals surface area contributed by atoms with Crippen molar-refractivity contribution in [3.8, 4) is 0 Å². The minimum atomic E-state index is -1.19. The minimum Gasteiger partial charge on any atom is -0.454 e. The molecule has 0 N–H and O–H groups in total. The van der Waals surface area contributed by atoms with Crippen molar-refractivity contribution in [2.24, 2.45) is 0 Å². The first-order valence-electron chi connectivity index (χ1n) is 7.41. The first-order chi connectivity index (χ1) is 12.3. The van der Waals surface area contributed by atoms with Crippen LogP contribution in [0, 0.1) is 11.6 Å². The van der Waals surface area contributed by atoms with E-state index in [2.05, 4.69) is 0 Å². The number of hydrogen-bond acceptors (Lipinski definition) is 5. The van der Waals surface area contributed by atoms with Crippen molar-refractivity contribution < 1.29 is 32.7 Å². The monoisotopic (exact) mass is 359 g/mol. The molecule has 3 rings (SSSR count). The number of ketones is 1. The molecule has 1 heterocycles. The van der Waals surface area contributed by atoms with E-state index in [-0.39, 0.29) is 22.3 Å². The van der Waals surface area contributed by atoms with Crippen LogP contribution < -0.4 is 0 Å². The highest BCUT2D eigenvalue weighted by molar-refractivity contribution is 6.21. The van der Waals surface area contributed by atoms with Gasteiger partial charge in [-0.25, -0.2) is 13.6 Å². The van der Waals surface area contributed by atoms with E-state index in [4.69, 9.17) is 4.74 Å². The van der Waals surface area contributed by atoms with Gasteiger partial charge in [0.05, 0.1) is 16.7 Å². The third-order valence-electron chi connectivity index (χ3n) is 3.90. The van der Waals surface area contributed by atoms with Crippen LogP contribution in [0.2, 0.25) is 0 Å². The smallest absolute Gasteiger partial charge is 0.338 e. The summed E-state index contributed by atoms with van der Waals surface area (Å²) in [4.78, 5) is 48.6. The van der Waals surface area contributed by atoms with Crippen LogP contribution in [-0.2, 0) is 4.74 Å². The standard InChI is InChI=1S/C18H11F2NO5/c1-21-16(23)11-4-2-10(6-12(11)17(21)24)18(25)26-8-15(22)9-3-5-13(19)14(20)7-9/h2-7H,8H2,1H3. The van der Waals surface area contributed by atoms with E-state index < -0.39 is 41.8 Å². The summed E-state index contributed by atoms with van der Waals surface area (Å²) in [6.45, 7) is -0.687. The van der Waals surface area contributed by atoms with Gasteiger partial charge in [-0.3, -0.25) is 19.3 Å². The molecule has 2 aromatic rings. The normalized spacial score (nSPS) is 13.0. The van der Waals surface area contributed by atoms with Crippen molar-refractivity contribution in [2.45, 2.75) is 0 Å². The molecule has 0 aromatic heterocycles. The van der Waals surface area contributed by atoms with Gasteiger partial charge < -0.3 is 4.74 Å². The summed E-state index contributed by atoms with van der Waals surface area (Å²) < 4.78 is 30.8. The molecule has 0 radical (unpaired) electrons. The first kappa shape index (κ1) is 17.4. The fourth-order valence-corrected chi connectivity index (χ4v) is 2.46. The number of rotatable bonds is 4. The SMILES string of the molecule is CN1C(=O)c2ccc(C(=O)OCC(=O)c3ccc(F)c(F)c3)cc2C1=O. The largest absolute Gasteiger partial charge is 0.454 e. The summed E-state index contributed by atoms with van der Waals surface area (Å²) in [5.41, 5.74) is 0.0807. The molecule has 1 aliphatic heterocycles. The lowest BCUT2D eigenvalue weighted by molar-refractivity contribution is 0.0474. The summed E-state index contributed by atoms with van der Waals surface area (Å²) in [7, 11) is 1.32. The third kappa shape index (κ3) is 2.97. The number of Topliss-reactive ketones (excluding diaryl/α,β-unsaturated/α-hetero) is 1. The summed E-state index contributed by atoms with van der Waals surface area (Å²) in [6.07, 6.45) is 0. The Morgan fingerprint density at radius 3 is 2.27 bits per heavy atom. The molecular formula is C18H11F2NO5. The lowest BCUT2D eigenvalue weighted by Crippen LogP contribution is -2.24. The number of fused-ring (bicyclic) bond motifs is 1. The van der Waals surface area contributed by atoms with Crippen LogP contribution in [0.4, 0.5) is 8.78 Å². The van der Waals surface area contributed by atoms with Crippen LogP contribution in [0.25, 0.3) is 0 Å². The molecule has 1 aliphatic rings. The van der Waals surface area contributed by atoms with E-state index in [0.717, 1.165) is 17.0 Å². The Morgan fingerprint density at radius 2 is 1.58 bits per heavy atom. The summed E-state index contributed by atoms with van der Waals surface area (Å²) >= 11 is 0. The van der Waals surface area contributed by atoms with Crippen LogP contribution in [-0.4, -0.2) is 42.1 Å². The number of hydrogen-bond donors (Lipinski definition) is 0. The number of imide groups is 1. The van der Waals surface area contributed by atoms with Gasteiger partial charge in [0.25, 0.3) is 11.8 Å². The molecule has 0 aliphatic carbocycles. The number of carbonyl (C=O) groups is 4. The van der Waals surface area contributed by atoms with Crippen LogP contribution >= 0.6 is 0 Å². The molecule has 26 heavy (non-hydrogen) atoms. The van der Waals surface area contributed by atoms with E-state index in [9.17, 15) is 28.0 Å². The molecule has 2 amide bonds. The van der Waals surface area contributed by atoms with Gasteiger partial charge in [0.2, 0.25) is 0 Å². The number of ether oxygens (including phenoxy) is 1. The molecule has 0 bridgehead atoms. The zero-order chi connectivity index (χ0) is 19.0. The zero-order valence-corrected chi connectivity index (χ0v) is 13.4. The number of carbonyl (C=O) groups excluding carboxylic acids is 4. The third-order valence-corrected chi connectivity index (χ3v) is 3.90. The maximum absolute atomic E-state index is 13.1. The zero-order valence-electron chi connectivity index (χ0n) is 13.4. The average Bonchev–Trinajstić information content (AvgIpc) is 2.85. The number of nitrogens with zero attached hydrogens (tertiary/aromatic N) is 1. The average molecular weight is 359 g/mol. The van der Waals surface area contributed by atoms with Crippen LogP contribution in [0.3, 0.4) is 0 Å². The Kier molecular flexibility index (Phi) is 4.33. The highest BCUT2D eigenvalue weighted by atomic mass is 19.2. The van der Waals surface area contributed by atoms with Gasteiger partial charge >= 0.3 is 5.97 Å². The minimum absolute atomic E-state index is 0.0155. The molecule has 2 aromatic carbocycles. The Bertz CT molecular complexity index is 970. The van der Waals surface area contributed by atoms with Gasteiger partial charge in [0.1, 0.15) is 0 Å². The second-order valence-electron chi connectivity index (χ2n) is 5.56. The molecular weight excluding hydrogens is 348 g/mol. The molecule has 0 saturated heterocycles. The highest BCUT2D eigenvalue weighted by Gasteiger charge is 2.33. The van der Waals surface area contributed by atoms with E-state index in [1.165, 1.54) is 25.2 Å². The molecule has 0 spiro atoms. The number of halogens is 2. The molecule has 132 valence electrons. The summed E-state index contributed by atoms with van der Waals surface area (Å²) in [6, 6.07) is 6.42. The van der Waals surface area contributed by atoms with E-state index in [1.807, 2.05) is 0 Å². The lowest BCUT2D eigenvalue weighted by Gasteiger charge is -2.06. The second kappa shape index (κ2) is 6.47. The maximum atomic E-state index is 13.1. The number of esters is 1. The predicted octanol–water partition coefficient (Wildman–Crippen LogP) is 2.23. The van der Waals surface area contributed by atoms with Gasteiger partial charge in [-0.05, 0) is 36.4 Å². The van der Waals surface area contributed by atoms with Gasteiger partial charge in [0, 0.05) is 12.6 Å². The van der Waals surface area contributed by atoms with Gasteiger partial charge in [-0.1, -0.05) is 0 Å². The van der Waals surface area contributed by atoms with Crippen LogP contribution in [0.5, 0.6) is 0 Å². The van der Waals surface area contributed by atoms with Crippen LogP contribution in [0.1, 0.15) is 41.4 Å². The van der Waals surface area contributed by atoms with E-state index in [1.54, 1.807) is 0 Å². The van der Waals surface area contributed by atoms with Crippen molar-refractivity contribution in [2.75, 3.05) is 13.7 Å². The molecule has 0 fully saturated rings. The second-order valence-corrected chi connectivity index (χ2v) is 5.56. The molecule has 6 nitrogen and oxygen atoms in total. The quantitative estimate of drug-likeness (QED) is 0.475. The van der Waals surface area contributed by atoms with Gasteiger partial charge in [0.15, 0.2) is 24.0 Å². The molecule has 0 atom stereocenters. The van der Waals surface area contributed by atoms with E-state index in [0.29, 0.717) is 6.07 Å². The first-order valence-corrected chi connectivity index (χ1v) is 7.41. The Labute approximate surface area is 146 Å². The topological polar surface area (TPSA) is 80.8 Å². The van der Waals surface area contributed by atoms with Crippen molar-refractivity contribution in [1.29, 1.82) is 0 Å². The number of benzene rings is 2. The van der Waals surface area contributed by atoms with Crippen molar-refractivity contribution in [1.82, 2.24) is 4.90 Å². The maximum Gasteiger partial charge on any atom is 0.338 e. The van der Waals surface area contributed by atoms with Crippen molar-refractivity contribution in [3.05, 3.63) is 70.3 Å². The highest BCUT2D eigenvalue weighted by Crippen LogP contribution is 2.23. The van der Waals surface area contributed by atoms with E-state index >= 15 is 0 Å². The summed E-state index contributed by atoms with van der Waals surface area (Å²) in [5, 5.41) is 0. The Morgan fingerprint density at radius 1 is 0.923 bits per heavy atom. The molecule has 0 saturated carbocycles. The number of amides is 2. The lowest BCUT2D eigenvalue weighted by atomic mass is 10.1. The Hall–Kier alpha value is -3.42. The molecule has 0 unspecified atom stereocenters. The predicted molar refractivity (Wildman–Crippen MR) is 83.8 cm³/mol. The van der Waals surface area contributed by atoms with Gasteiger partial charge in [-0.2, -0.15) is 0 Å². The summed E-state index contributed by atoms with van der Waals surface area (Å²) in [5.74, 6) is -4.91. The molecule has 8 heteroatoms.